The third kappa shape index (κ3) is 2.27. The molecule has 2 aromatic rings. The zero-order chi connectivity index (χ0) is 13.4. The quantitative estimate of drug-likeness (QED) is 0.665. The molecule has 0 aromatic carbocycles. The lowest BCUT2D eigenvalue weighted by Gasteiger charge is -2.32. The Labute approximate surface area is 113 Å². The standard InChI is InChI=1S/C10H14N6O2S/c1-13-2-4-14(5-3-13)12-8-9(16(17)18)15-6-7-19-10(15)11-8/h6-7,12H,2-5H2,1H3. The summed E-state index contributed by atoms with van der Waals surface area (Å²) in [6, 6.07) is 0. The average molecular weight is 282 g/mol. The molecule has 0 saturated carbocycles. The monoisotopic (exact) mass is 282 g/mol. The fourth-order valence-corrected chi connectivity index (χ4v) is 2.80. The van der Waals surface area contributed by atoms with Gasteiger partial charge in [-0.1, -0.05) is 11.3 Å². The Kier molecular flexibility index (Phi) is 3.09. The Morgan fingerprint density at radius 2 is 2.16 bits per heavy atom. The van der Waals surface area contributed by atoms with Gasteiger partial charge in [0.1, 0.15) is 6.20 Å². The van der Waals surface area contributed by atoms with Gasteiger partial charge in [0.15, 0.2) is 0 Å². The Balaban J connectivity index is 1.86. The highest BCUT2D eigenvalue weighted by atomic mass is 32.1. The predicted molar refractivity (Wildman–Crippen MR) is 72.4 cm³/mol. The molecule has 0 amide bonds. The number of imidazole rings is 1. The van der Waals surface area contributed by atoms with Crippen LogP contribution in [-0.4, -0.2) is 57.4 Å². The number of piperazine rings is 1. The second-order valence-electron chi connectivity index (χ2n) is 4.50. The van der Waals surface area contributed by atoms with Crippen LogP contribution in [0.1, 0.15) is 0 Å². The van der Waals surface area contributed by atoms with E-state index in [9.17, 15) is 10.1 Å². The van der Waals surface area contributed by atoms with Gasteiger partial charge in [-0.15, -0.1) is 0 Å². The number of aromatic nitrogens is 2. The summed E-state index contributed by atoms with van der Waals surface area (Å²) in [5.41, 5.74) is 3.07. The summed E-state index contributed by atoms with van der Waals surface area (Å²) in [5, 5.41) is 14.9. The number of fused-ring (bicyclic) bond motifs is 1. The minimum absolute atomic E-state index is 0.00446. The van der Waals surface area contributed by atoms with Crippen molar-refractivity contribution >= 4 is 27.9 Å². The van der Waals surface area contributed by atoms with Crippen molar-refractivity contribution in [2.75, 3.05) is 38.7 Å². The molecule has 1 fully saturated rings. The molecule has 0 unspecified atom stereocenters. The van der Waals surface area contributed by atoms with Crippen LogP contribution in [0.3, 0.4) is 0 Å². The first-order valence-corrected chi connectivity index (χ1v) is 6.83. The number of hydrazine groups is 1. The summed E-state index contributed by atoms with van der Waals surface area (Å²) in [6.07, 6.45) is 1.67. The molecule has 1 saturated heterocycles. The van der Waals surface area contributed by atoms with Crippen LogP contribution < -0.4 is 5.43 Å². The van der Waals surface area contributed by atoms with Gasteiger partial charge in [0.25, 0.3) is 4.96 Å². The van der Waals surface area contributed by atoms with Gasteiger partial charge in [-0.05, 0) is 12.0 Å². The molecule has 1 N–H and O–H groups in total. The van der Waals surface area contributed by atoms with Crippen LogP contribution in [0.5, 0.6) is 0 Å². The Morgan fingerprint density at radius 1 is 1.42 bits per heavy atom. The second kappa shape index (κ2) is 4.76. The summed E-state index contributed by atoms with van der Waals surface area (Å²) >= 11 is 1.38. The lowest BCUT2D eigenvalue weighted by atomic mass is 10.4. The van der Waals surface area contributed by atoms with Crippen molar-refractivity contribution in [3.05, 3.63) is 21.7 Å². The number of nitrogens with one attached hydrogen (secondary N) is 1. The first kappa shape index (κ1) is 12.3. The summed E-state index contributed by atoms with van der Waals surface area (Å²) in [6.45, 7) is 3.50. The number of anilines is 1. The number of thiazole rings is 1. The highest BCUT2D eigenvalue weighted by molar-refractivity contribution is 7.15. The molecule has 2 aromatic heterocycles. The summed E-state index contributed by atoms with van der Waals surface area (Å²) in [7, 11) is 2.06. The summed E-state index contributed by atoms with van der Waals surface area (Å²) < 4.78 is 1.50. The molecule has 3 heterocycles. The topological polar surface area (TPSA) is 79.0 Å². The molecule has 0 aliphatic carbocycles. The molecular formula is C10H14N6O2S. The lowest BCUT2D eigenvalue weighted by molar-refractivity contribution is -0.389. The number of rotatable bonds is 3. The molecule has 19 heavy (non-hydrogen) atoms. The van der Waals surface area contributed by atoms with E-state index in [1.165, 1.54) is 15.7 Å². The van der Waals surface area contributed by atoms with E-state index in [0.717, 1.165) is 26.2 Å². The van der Waals surface area contributed by atoms with Gasteiger partial charge in [0.05, 0.1) is 0 Å². The predicted octanol–water partition coefficient (Wildman–Crippen LogP) is 0.878. The Morgan fingerprint density at radius 3 is 2.84 bits per heavy atom. The first-order chi connectivity index (χ1) is 9.15. The van der Waals surface area contributed by atoms with Crippen LogP contribution in [0, 0.1) is 10.1 Å². The minimum atomic E-state index is -0.398. The highest BCUT2D eigenvalue weighted by Gasteiger charge is 2.25. The van der Waals surface area contributed by atoms with Gasteiger partial charge in [-0.3, -0.25) is 5.43 Å². The van der Waals surface area contributed by atoms with Crippen LogP contribution in [0.25, 0.3) is 4.96 Å². The number of hydrogen-bond acceptors (Lipinski definition) is 7. The van der Waals surface area contributed by atoms with Crippen LogP contribution >= 0.6 is 11.3 Å². The maximum Gasteiger partial charge on any atom is 0.374 e. The van der Waals surface area contributed by atoms with Crippen molar-refractivity contribution in [3.63, 3.8) is 0 Å². The third-order valence-electron chi connectivity index (χ3n) is 3.18. The van der Waals surface area contributed by atoms with Crippen molar-refractivity contribution in [1.29, 1.82) is 0 Å². The van der Waals surface area contributed by atoms with E-state index < -0.39 is 4.92 Å². The minimum Gasteiger partial charge on any atom is -0.358 e. The summed E-state index contributed by atoms with van der Waals surface area (Å²) in [4.78, 5) is 17.9. The maximum atomic E-state index is 11.2. The van der Waals surface area contributed by atoms with Crippen LogP contribution in [0.15, 0.2) is 11.6 Å². The molecule has 0 spiro atoms. The van der Waals surface area contributed by atoms with Gasteiger partial charge in [-0.2, -0.15) is 9.38 Å². The average Bonchev–Trinajstić information content (AvgIpc) is 2.91. The second-order valence-corrected chi connectivity index (χ2v) is 5.37. The molecule has 1 aliphatic rings. The van der Waals surface area contributed by atoms with E-state index in [-0.39, 0.29) is 5.82 Å². The zero-order valence-electron chi connectivity index (χ0n) is 10.4. The number of nitrogens with zero attached hydrogens (tertiary/aromatic N) is 5. The molecule has 102 valence electrons. The van der Waals surface area contributed by atoms with Gasteiger partial charge in [0.2, 0.25) is 5.82 Å². The maximum absolute atomic E-state index is 11.2. The van der Waals surface area contributed by atoms with Crippen molar-refractivity contribution < 1.29 is 4.92 Å². The number of likely N-dealkylation sites (N-methyl/N-ethyl adjacent to an activating group) is 1. The van der Waals surface area contributed by atoms with E-state index >= 15 is 0 Å². The van der Waals surface area contributed by atoms with Gasteiger partial charge < -0.3 is 15.0 Å². The molecule has 0 atom stereocenters. The zero-order valence-corrected chi connectivity index (χ0v) is 11.3. The highest BCUT2D eigenvalue weighted by Crippen LogP contribution is 2.28. The normalized spacial score (nSPS) is 17.9. The fourth-order valence-electron chi connectivity index (χ4n) is 2.09. The van der Waals surface area contributed by atoms with Gasteiger partial charge in [0, 0.05) is 31.6 Å². The molecule has 0 radical (unpaired) electrons. The molecular weight excluding hydrogens is 268 g/mol. The van der Waals surface area contributed by atoms with Gasteiger partial charge >= 0.3 is 5.82 Å². The van der Waals surface area contributed by atoms with E-state index in [1.54, 1.807) is 11.6 Å². The SMILES string of the molecule is CN1CCN(Nc2nc3sccn3c2[N+](=O)[O-])CC1. The molecule has 8 nitrogen and oxygen atoms in total. The third-order valence-corrected chi connectivity index (χ3v) is 3.93. The smallest absolute Gasteiger partial charge is 0.358 e. The van der Waals surface area contributed by atoms with Crippen molar-refractivity contribution in [3.8, 4) is 0 Å². The van der Waals surface area contributed by atoms with E-state index in [4.69, 9.17) is 0 Å². The first-order valence-electron chi connectivity index (χ1n) is 5.95. The largest absolute Gasteiger partial charge is 0.374 e. The molecule has 3 rings (SSSR count). The van der Waals surface area contributed by atoms with Gasteiger partial charge in [-0.25, -0.2) is 5.01 Å². The molecule has 1 aliphatic heterocycles. The molecule has 0 bridgehead atoms. The number of hydrogen-bond donors (Lipinski definition) is 1. The van der Waals surface area contributed by atoms with Crippen molar-refractivity contribution in [2.24, 2.45) is 0 Å². The summed E-state index contributed by atoms with van der Waals surface area (Å²) in [5.74, 6) is 0.316. The number of nitro groups is 1. The van der Waals surface area contributed by atoms with Crippen LogP contribution in [0.4, 0.5) is 11.6 Å². The van der Waals surface area contributed by atoms with E-state index in [0.29, 0.717) is 10.8 Å². The van der Waals surface area contributed by atoms with Crippen molar-refractivity contribution in [1.82, 2.24) is 19.3 Å². The Hall–Kier alpha value is -1.71. The van der Waals surface area contributed by atoms with Crippen LogP contribution in [-0.2, 0) is 0 Å². The van der Waals surface area contributed by atoms with Crippen LogP contribution in [0.2, 0.25) is 0 Å². The Bertz CT molecular complexity index is 600. The molecule has 9 heteroatoms. The fraction of sp³-hybridized carbons (Fsp3) is 0.500. The van der Waals surface area contributed by atoms with E-state index in [1.807, 2.05) is 5.01 Å². The van der Waals surface area contributed by atoms with Crippen molar-refractivity contribution in [2.45, 2.75) is 0 Å². The van der Waals surface area contributed by atoms with E-state index in [2.05, 4.69) is 22.4 Å². The lowest BCUT2D eigenvalue weighted by Crippen LogP contribution is -2.47.